The van der Waals surface area contributed by atoms with Gasteiger partial charge in [0.25, 0.3) is 15.9 Å². The van der Waals surface area contributed by atoms with Crippen molar-refractivity contribution in [2.75, 3.05) is 12.3 Å². The van der Waals surface area contributed by atoms with Gasteiger partial charge in [0.1, 0.15) is 10.6 Å². The highest BCUT2D eigenvalue weighted by Gasteiger charge is 2.49. The molecule has 5 nitrogen and oxygen atoms in total. The van der Waals surface area contributed by atoms with E-state index in [1.807, 2.05) is 36.4 Å². The molecular weight excluding hydrogens is 464 g/mol. The number of nitrogens with one attached hydrogen (secondary N) is 1. The van der Waals surface area contributed by atoms with E-state index in [-0.39, 0.29) is 10.6 Å². The van der Waals surface area contributed by atoms with E-state index in [0.717, 1.165) is 20.3 Å². The molecule has 1 heterocycles. The molecule has 0 unspecified atom stereocenters. The number of rotatable bonds is 7. The van der Waals surface area contributed by atoms with Crippen LogP contribution in [-0.4, -0.2) is 36.5 Å². The third-order valence-corrected chi connectivity index (χ3v) is 8.63. The summed E-state index contributed by atoms with van der Waals surface area (Å²) in [6.45, 7) is 5.62. The van der Waals surface area contributed by atoms with Crippen molar-refractivity contribution in [3.05, 3.63) is 96.2 Å². The summed E-state index contributed by atoms with van der Waals surface area (Å²) < 4.78 is 27.8. The molecule has 0 atom stereocenters. The fraction of sp³-hybridized carbons (Fsp3) is 0.222. The Morgan fingerprint density at radius 3 is 2.00 bits per heavy atom. The zero-order valence-electron chi connectivity index (χ0n) is 19.5. The molecule has 1 aliphatic heterocycles. The number of amides is 1. The van der Waals surface area contributed by atoms with Gasteiger partial charge in [-0.3, -0.25) is 4.79 Å². The Hall–Kier alpha value is -3.03. The van der Waals surface area contributed by atoms with Gasteiger partial charge in [0.05, 0.1) is 5.54 Å². The lowest BCUT2D eigenvalue weighted by atomic mass is 10.1. The van der Waals surface area contributed by atoms with Crippen LogP contribution in [0.3, 0.4) is 0 Å². The second-order valence-corrected chi connectivity index (χ2v) is 11.8. The van der Waals surface area contributed by atoms with Crippen LogP contribution in [0.1, 0.15) is 26.3 Å². The number of hydrogen-bond donors (Lipinski definition) is 1. The highest BCUT2D eigenvalue weighted by atomic mass is 32.2. The molecule has 1 N–H and O–H groups in total. The smallest absolute Gasteiger partial charge is 0.285 e. The van der Waals surface area contributed by atoms with Gasteiger partial charge in [-0.05, 0) is 43.5 Å². The lowest BCUT2D eigenvalue weighted by Crippen LogP contribution is -2.46. The Labute approximate surface area is 205 Å². The predicted molar refractivity (Wildman–Crippen MR) is 139 cm³/mol. The van der Waals surface area contributed by atoms with Gasteiger partial charge in [0, 0.05) is 17.2 Å². The van der Waals surface area contributed by atoms with Gasteiger partial charge in [-0.2, -0.15) is 0 Å². The van der Waals surface area contributed by atoms with E-state index in [1.165, 1.54) is 0 Å². The van der Waals surface area contributed by atoms with Crippen molar-refractivity contribution in [3.63, 3.8) is 0 Å². The van der Waals surface area contributed by atoms with Crippen molar-refractivity contribution in [2.45, 2.75) is 31.2 Å². The van der Waals surface area contributed by atoms with Gasteiger partial charge in [0.15, 0.2) is 0 Å². The maximum atomic E-state index is 13.4. The molecule has 34 heavy (non-hydrogen) atoms. The molecule has 7 heteroatoms. The van der Waals surface area contributed by atoms with E-state index in [0.29, 0.717) is 17.9 Å². The third kappa shape index (κ3) is 4.76. The first-order valence-corrected chi connectivity index (χ1v) is 13.5. The molecule has 0 aliphatic carbocycles. The van der Waals surface area contributed by atoms with Crippen molar-refractivity contribution in [2.24, 2.45) is 0 Å². The number of sulfonamides is 1. The molecule has 0 fully saturated rings. The van der Waals surface area contributed by atoms with Crippen LogP contribution in [0.5, 0.6) is 0 Å². The summed E-state index contributed by atoms with van der Waals surface area (Å²) in [5.41, 5.74) is 2.06. The van der Waals surface area contributed by atoms with Crippen LogP contribution in [0, 0.1) is 0 Å². The van der Waals surface area contributed by atoms with Crippen molar-refractivity contribution in [1.82, 2.24) is 9.62 Å². The number of hydrogen-bond acceptors (Lipinski definition) is 5. The van der Waals surface area contributed by atoms with Crippen molar-refractivity contribution >= 4 is 32.6 Å². The molecule has 0 spiro atoms. The summed E-state index contributed by atoms with van der Waals surface area (Å²) in [6, 6.07) is 27.2. The quantitative estimate of drug-likeness (QED) is 0.355. The fourth-order valence-electron chi connectivity index (χ4n) is 4.02. The van der Waals surface area contributed by atoms with Crippen LogP contribution in [-0.2, 0) is 14.8 Å². The van der Waals surface area contributed by atoms with E-state index in [4.69, 9.17) is 0 Å². The zero-order chi connectivity index (χ0) is 24.3. The molecule has 176 valence electrons. The second kappa shape index (κ2) is 9.68. The highest BCUT2D eigenvalue weighted by Crippen LogP contribution is 2.39. The number of thioether (sulfide) groups is 1. The van der Waals surface area contributed by atoms with Gasteiger partial charge in [0.2, 0.25) is 0 Å². The van der Waals surface area contributed by atoms with Crippen LogP contribution in [0.4, 0.5) is 0 Å². The minimum absolute atomic E-state index is 0.0442. The van der Waals surface area contributed by atoms with Crippen LogP contribution < -0.4 is 5.32 Å². The van der Waals surface area contributed by atoms with E-state index >= 15 is 0 Å². The lowest BCUT2D eigenvalue weighted by molar-refractivity contribution is -0.125. The predicted octanol–water partition coefficient (Wildman–Crippen LogP) is 5.37. The molecule has 3 aromatic carbocycles. The SMILES string of the molecule is CC(C)(C)N1C(=O)C(NCCSc2ccccc2-c2ccccc2)=C(c2ccccc2)S1(=O)=O. The van der Waals surface area contributed by atoms with E-state index in [1.54, 1.807) is 56.8 Å². The van der Waals surface area contributed by atoms with Gasteiger partial charge in [-0.15, -0.1) is 11.8 Å². The van der Waals surface area contributed by atoms with E-state index in [9.17, 15) is 13.2 Å². The Morgan fingerprint density at radius 1 is 0.824 bits per heavy atom. The third-order valence-electron chi connectivity index (χ3n) is 5.40. The van der Waals surface area contributed by atoms with Crippen LogP contribution >= 0.6 is 11.8 Å². The maximum Gasteiger partial charge on any atom is 0.285 e. The number of benzene rings is 3. The van der Waals surface area contributed by atoms with E-state index < -0.39 is 21.5 Å². The monoisotopic (exact) mass is 492 g/mol. The van der Waals surface area contributed by atoms with Crippen molar-refractivity contribution in [3.8, 4) is 11.1 Å². The van der Waals surface area contributed by atoms with Crippen LogP contribution in [0.25, 0.3) is 16.0 Å². The summed E-state index contributed by atoms with van der Waals surface area (Å²) in [7, 11) is -3.97. The molecule has 4 rings (SSSR count). The van der Waals surface area contributed by atoms with Crippen LogP contribution in [0.15, 0.2) is 95.5 Å². The number of carbonyl (C=O) groups is 1. The minimum Gasteiger partial charge on any atom is -0.379 e. The average molecular weight is 493 g/mol. The molecular formula is C27H28N2O3S2. The molecule has 1 aliphatic rings. The van der Waals surface area contributed by atoms with Crippen molar-refractivity contribution < 1.29 is 13.2 Å². The van der Waals surface area contributed by atoms with Gasteiger partial charge >= 0.3 is 0 Å². The molecule has 0 saturated carbocycles. The summed E-state index contributed by atoms with van der Waals surface area (Å²) in [5, 5.41) is 3.16. The standard InChI is InChI=1S/C27H28N2O3S2/c1-27(2,3)29-26(30)24(25(34(29,31)32)21-14-8-5-9-15-21)28-18-19-33-23-17-11-10-16-22(23)20-12-6-4-7-13-20/h4-17,28H,18-19H2,1-3H3. The summed E-state index contributed by atoms with van der Waals surface area (Å²) in [5.74, 6) is 0.152. The molecule has 1 amide bonds. The molecule has 0 radical (unpaired) electrons. The fourth-order valence-corrected chi connectivity index (χ4v) is 7.02. The van der Waals surface area contributed by atoms with Crippen molar-refractivity contribution in [1.29, 1.82) is 0 Å². The Morgan fingerprint density at radius 2 is 1.38 bits per heavy atom. The number of carbonyl (C=O) groups excluding carboxylic acids is 1. The van der Waals surface area contributed by atoms with Gasteiger partial charge in [-0.25, -0.2) is 12.7 Å². The molecule has 0 bridgehead atoms. The maximum absolute atomic E-state index is 13.4. The molecule has 0 saturated heterocycles. The first kappa shape index (κ1) is 24.1. The van der Waals surface area contributed by atoms with E-state index in [2.05, 4.69) is 29.6 Å². The Bertz CT molecular complexity index is 1310. The Balaban J connectivity index is 1.57. The summed E-state index contributed by atoms with van der Waals surface area (Å²) in [6.07, 6.45) is 0. The molecule has 0 aromatic heterocycles. The summed E-state index contributed by atoms with van der Waals surface area (Å²) >= 11 is 1.67. The zero-order valence-corrected chi connectivity index (χ0v) is 21.1. The molecule has 3 aromatic rings. The topological polar surface area (TPSA) is 66.5 Å². The van der Waals surface area contributed by atoms with Crippen LogP contribution in [0.2, 0.25) is 0 Å². The first-order chi connectivity index (χ1) is 16.2. The number of nitrogens with zero attached hydrogens (tertiary/aromatic N) is 1. The Kier molecular flexibility index (Phi) is 6.86. The summed E-state index contributed by atoms with van der Waals surface area (Å²) in [4.78, 5) is 14.5. The normalized spacial score (nSPS) is 15.6. The van der Waals surface area contributed by atoms with Gasteiger partial charge in [-0.1, -0.05) is 78.9 Å². The first-order valence-electron chi connectivity index (χ1n) is 11.1. The average Bonchev–Trinajstić information content (AvgIpc) is 3.02. The minimum atomic E-state index is -3.97. The largest absolute Gasteiger partial charge is 0.379 e. The highest BCUT2D eigenvalue weighted by molar-refractivity contribution is 7.99. The second-order valence-electron chi connectivity index (χ2n) is 8.95. The lowest BCUT2D eigenvalue weighted by Gasteiger charge is -2.30. The van der Waals surface area contributed by atoms with Gasteiger partial charge < -0.3 is 5.32 Å².